The van der Waals surface area contributed by atoms with Crippen molar-refractivity contribution in [1.82, 2.24) is 0 Å². The number of ether oxygens (including phenoxy) is 2. The van der Waals surface area contributed by atoms with E-state index in [1.165, 1.54) is 19.4 Å². The molecule has 104 valence electrons. The second-order valence-electron chi connectivity index (χ2n) is 4.50. The molecule has 0 aliphatic heterocycles. The van der Waals surface area contributed by atoms with Gasteiger partial charge >= 0.3 is 11.9 Å². The van der Waals surface area contributed by atoms with Crippen LogP contribution in [0, 0.1) is 5.92 Å². The molecule has 1 aromatic rings. The van der Waals surface area contributed by atoms with Crippen molar-refractivity contribution in [2.75, 3.05) is 13.2 Å². The fourth-order valence-electron chi connectivity index (χ4n) is 1.70. The zero-order valence-corrected chi connectivity index (χ0v) is 11.4. The van der Waals surface area contributed by atoms with Crippen LogP contribution < -0.4 is 0 Å². The normalized spacial score (nSPS) is 10.3. The SMILES string of the molecule is CC(=O)OCC(CCc1ccccc1)COC(C)=O. The van der Waals surface area contributed by atoms with E-state index in [2.05, 4.69) is 12.1 Å². The van der Waals surface area contributed by atoms with Gasteiger partial charge in [-0.1, -0.05) is 30.3 Å². The second kappa shape index (κ2) is 8.29. The summed E-state index contributed by atoms with van der Waals surface area (Å²) in [6.07, 6.45) is 1.68. The number of carbonyl (C=O) groups is 2. The molecule has 0 atom stereocenters. The van der Waals surface area contributed by atoms with E-state index in [0.29, 0.717) is 0 Å². The molecule has 0 saturated heterocycles. The van der Waals surface area contributed by atoms with Gasteiger partial charge in [-0.3, -0.25) is 9.59 Å². The summed E-state index contributed by atoms with van der Waals surface area (Å²) in [5.74, 6) is -0.590. The molecule has 1 aromatic carbocycles. The fraction of sp³-hybridized carbons (Fsp3) is 0.467. The van der Waals surface area contributed by atoms with E-state index in [4.69, 9.17) is 9.47 Å². The third-order valence-electron chi connectivity index (χ3n) is 2.73. The summed E-state index contributed by atoms with van der Waals surface area (Å²) in [6.45, 7) is 3.32. The van der Waals surface area contributed by atoms with Gasteiger partial charge in [0.2, 0.25) is 0 Å². The summed E-state index contributed by atoms with van der Waals surface area (Å²) >= 11 is 0. The van der Waals surface area contributed by atoms with Gasteiger partial charge in [0.25, 0.3) is 0 Å². The average Bonchev–Trinajstić information content (AvgIpc) is 2.38. The number of aryl methyl sites for hydroxylation is 1. The van der Waals surface area contributed by atoms with Crippen LogP contribution in [0.2, 0.25) is 0 Å². The van der Waals surface area contributed by atoms with Gasteiger partial charge in [-0.05, 0) is 18.4 Å². The minimum atomic E-state index is -0.312. The number of carbonyl (C=O) groups excluding carboxylic acids is 2. The summed E-state index contributed by atoms with van der Waals surface area (Å²) in [7, 11) is 0. The van der Waals surface area contributed by atoms with Gasteiger partial charge in [-0.15, -0.1) is 0 Å². The first kappa shape index (κ1) is 15.2. The van der Waals surface area contributed by atoms with E-state index >= 15 is 0 Å². The van der Waals surface area contributed by atoms with Crippen LogP contribution in [-0.2, 0) is 25.5 Å². The Hall–Kier alpha value is -1.84. The third kappa shape index (κ3) is 7.24. The first-order valence-electron chi connectivity index (χ1n) is 6.38. The second-order valence-corrected chi connectivity index (χ2v) is 4.50. The molecule has 0 unspecified atom stereocenters. The monoisotopic (exact) mass is 264 g/mol. The van der Waals surface area contributed by atoms with Gasteiger partial charge in [0, 0.05) is 19.8 Å². The Morgan fingerprint density at radius 1 is 1.00 bits per heavy atom. The van der Waals surface area contributed by atoms with Gasteiger partial charge in [-0.2, -0.15) is 0 Å². The van der Waals surface area contributed by atoms with Crippen LogP contribution >= 0.6 is 0 Å². The molecule has 1 rings (SSSR count). The molecule has 0 N–H and O–H groups in total. The van der Waals surface area contributed by atoms with Crippen LogP contribution in [-0.4, -0.2) is 25.2 Å². The average molecular weight is 264 g/mol. The molecule has 19 heavy (non-hydrogen) atoms. The predicted octanol–water partition coefficient (Wildman–Crippen LogP) is 2.36. The standard InChI is InChI=1S/C15H20O4/c1-12(16)18-10-15(11-19-13(2)17)9-8-14-6-4-3-5-7-14/h3-7,15H,8-11H2,1-2H3. The van der Waals surface area contributed by atoms with Crippen molar-refractivity contribution in [3.05, 3.63) is 35.9 Å². The van der Waals surface area contributed by atoms with Crippen molar-refractivity contribution >= 4 is 11.9 Å². The van der Waals surface area contributed by atoms with Crippen molar-refractivity contribution in [3.8, 4) is 0 Å². The molecule has 0 radical (unpaired) electrons. The van der Waals surface area contributed by atoms with Crippen molar-refractivity contribution in [3.63, 3.8) is 0 Å². The Kier molecular flexibility index (Phi) is 6.64. The smallest absolute Gasteiger partial charge is 0.302 e. The molecule has 0 bridgehead atoms. The maximum Gasteiger partial charge on any atom is 0.302 e. The first-order chi connectivity index (χ1) is 9.08. The molecule has 4 nitrogen and oxygen atoms in total. The highest BCUT2D eigenvalue weighted by molar-refractivity contribution is 5.66. The summed E-state index contributed by atoms with van der Waals surface area (Å²) in [4.78, 5) is 21.7. The zero-order valence-electron chi connectivity index (χ0n) is 11.4. The van der Waals surface area contributed by atoms with Crippen molar-refractivity contribution in [2.45, 2.75) is 26.7 Å². The topological polar surface area (TPSA) is 52.6 Å². The lowest BCUT2D eigenvalue weighted by Crippen LogP contribution is -2.20. The Labute approximate surface area is 113 Å². The van der Waals surface area contributed by atoms with Crippen LogP contribution in [0.3, 0.4) is 0 Å². The minimum absolute atomic E-state index is 0.0352. The summed E-state index contributed by atoms with van der Waals surface area (Å²) in [5.41, 5.74) is 1.22. The van der Waals surface area contributed by atoms with Crippen LogP contribution in [0.1, 0.15) is 25.8 Å². The van der Waals surface area contributed by atoms with E-state index in [1.54, 1.807) is 0 Å². The maximum absolute atomic E-state index is 10.8. The van der Waals surface area contributed by atoms with E-state index in [1.807, 2.05) is 18.2 Å². The van der Waals surface area contributed by atoms with Crippen LogP contribution in [0.4, 0.5) is 0 Å². The lowest BCUT2D eigenvalue weighted by Gasteiger charge is -2.16. The van der Waals surface area contributed by atoms with Crippen LogP contribution in [0.15, 0.2) is 30.3 Å². The first-order valence-corrected chi connectivity index (χ1v) is 6.38. The van der Waals surface area contributed by atoms with E-state index < -0.39 is 0 Å². The Morgan fingerprint density at radius 3 is 2.00 bits per heavy atom. The molecule has 0 aliphatic carbocycles. The Morgan fingerprint density at radius 2 is 1.53 bits per heavy atom. The highest BCUT2D eigenvalue weighted by Gasteiger charge is 2.13. The lowest BCUT2D eigenvalue weighted by atomic mass is 10.0. The third-order valence-corrected chi connectivity index (χ3v) is 2.73. The molecule has 0 fully saturated rings. The highest BCUT2D eigenvalue weighted by Crippen LogP contribution is 2.11. The molecule has 0 saturated carbocycles. The van der Waals surface area contributed by atoms with Crippen molar-refractivity contribution in [2.24, 2.45) is 5.92 Å². The number of esters is 2. The molecule has 0 amide bonds. The van der Waals surface area contributed by atoms with Crippen LogP contribution in [0.5, 0.6) is 0 Å². The molecule has 0 spiro atoms. The quantitative estimate of drug-likeness (QED) is 0.709. The van der Waals surface area contributed by atoms with Crippen molar-refractivity contribution < 1.29 is 19.1 Å². The van der Waals surface area contributed by atoms with Gasteiger partial charge in [0.1, 0.15) is 0 Å². The molecule has 0 aliphatic rings. The number of benzene rings is 1. The molecule has 0 aromatic heterocycles. The minimum Gasteiger partial charge on any atom is -0.465 e. The van der Waals surface area contributed by atoms with E-state index in [-0.39, 0.29) is 31.1 Å². The highest BCUT2D eigenvalue weighted by atomic mass is 16.5. The fourth-order valence-corrected chi connectivity index (χ4v) is 1.70. The van der Waals surface area contributed by atoms with Gasteiger partial charge < -0.3 is 9.47 Å². The lowest BCUT2D eigenvalue weighted by molar-refractivity contribution is -0.146. The van der Waals surface area contributed by atoms with Gasteiger partial charge in [-0.25, -0.2) is 0 Å². The molecular weight excluding hydrogens is 244 g/mol. The summed E-state index contributed by atoms with van der Waals surface area (Å²) in [6, 6.07) is 10.0. The molecular formula is C15H20O4. The van der Waals surface area contributed by atoms with Crippen molar-refractivity contribution in [1.29, 1.82) is 0 Å². The van der Waals surface area contributed by atoms with E-state index in [9.17, 15) is 9.59 Å². The maximum atomic E-state index is 10.8. The van der Waals surface area contributed by atoms with Gasteiger partial charge in [0.05, 0.1) is 13.2 Å². The Balaban J connectivity index is 2.43. The zero-order chi connectivity index (χ0) is 14.1. The van der Waals surface area contributed by atoms with Crippen LogP contribution in [0.25, 0.3) is 0 Å². The van der Waals surface area contributed by atoms with Gasteiger partial charge in [0.15, 0.2) is 0 Å². The number of hydrogen-bond donors (Lipinski definition) is 0. The largest absolute Gasteiger partial charge is 0.465 e. The molecule has 0 heterocycles. The molecule has 4 heteroatoms. The summed E-state index contributed by atoms with van der Waals surface area (Å²) < 4.78 is 9.99. The number of rotatable bonds is 7. The number of hydrogen-bond acceptors (Lipinski definition) is 4. The Bertz CT molecular complexity index is 382. The predicted molar refractivity (Wildman–Crippen MR) is 71.5 cm³/mol. The van der Waals surface area contributed by atoms with E-state index in [0.717, 1.165) is 12.8 Å². The summed E-state index contributed by atoms with van der Waals surface area (Å²) in [5, 5.41) is 0.